The molecule has 1 amide bonds. The van der Waals surface area contributed by atoms with Crippen LogP contribution in [-0.4, -0.2) is 21.2 Å². The Balaban J connectivity index is 1.64. The molecule has 0 aliphatic rings. The van der Waals surface area contributed by atoms with Crippen LogP contribution in [0.5, 0.6) is 0 Å². The van der Waals surface area contributed by atoms with Crippen molar-refractivity contribution in [2.45, 2.75) is 12.1 Å². The average molecular weight is 480 g/mol. The Hall–Kier alpha value is -2.90. The molecule has 3 aromatic carbocycles. The van der Waals surface area contributed by atoms with Gasteiger partial charge in [-0.3, -0.25) is 14.2 Å². The molecule has 0 unspecified atom stereocenters. The second-order valence-corrected chi connectivity index (χ2v) is 8.49. The number of para-hydroxylation sites is 2. The zero-order valence-electron chi connectivity index (χ0n) is 16.1. The lowest BCUT2D eigenvalue weighted by molar-refractivity contribution is -0.113. The molecule has 7 heteroatoms. The lowest BCUT2D eigenvalue weighted by Crippen LogP contribution is -2.22. The molecule has 4 rings (SSSR count). The Morgan fingerprint density at radius 3 is 2.57 bits per heavy atom. The fourth-order valence-corrected chi connectivity index (χ4v) is 4.12. The molecule has 0 saturated carbocycles. The van der Waals surface area contributed by atoms with Crippen LogP contribution >= 0.6 is 27.7 Å². The zero-order valence-corrected chi connectivity index (χ0v) is 18.5. The summed E-state index contributed by atoms with van der Waals surface area (Å²) in [5.74, 6) is -0.0315. The number of aryl methyl sites for hydroxylation is 1. The Labute approximate surface area is 186 Å². The van der Waals surface area contributed by atoms with Gasteiger partial charge < -0.3 is 5.32 Å². The highest BCUT2D eigenvalue weighted by atomic mass is 79.9. The van der Waals surface area contributed by atoms with Crippen LogP contribution in [-0.2, 0) is 4.79 Å². The summed E-state index contributed by atoms with van der Waals surface area (Å²) in [6.45, 7) is 1.96. The molecule has 4 aromatic rings. The van der Waals surface area contributed by atoms with Crippen molar-refractivity contribution in [1.29, 1.82) is 0 Å². The normalized spacial score (nSPS) is 10.9. The number of hydrogen-bond donors (Lipinski definition) is 1. The summed E-state index contributed by atoms with van der Waals surface area (Å²) in [4.78, 5) is 30.3. The summed E-state index contributed by atoms with van der Waals surface area (Å²) >= 11 is 4.69. The highest BCUT2D eigenvalue weighted by Crippen LogP contribution is 2.23. The van der Waals surface area contributed by atoms with Gasteiger partial charge in [0.2, 0.25) is 5.91 Å². The summed E-state index contributed by atoms with van der Waals surface area (Å²) in [6.07, 6.45) is 0. The molecule has 0 atom stereocenters. The van der Waals surface area contributed by atoms with E-state index in [0.717, 1.165) is 15.7 Å². The molecular weight excluding hydrogens is 462 g/mol. The fourth-order valence-electron chi connectivity index (χ4n) is 3.06. The highest BCUT2D eigenvalue weighted by molar-refractivity contribution is 9.10. The van der Waals surface area contributed by atoms with Gasteiger partial charge in [0.1, 0.15) is 0 Å². The molecule has 0 aliphatic carbocycles. The van der Waals surface area contributed by atoms with E-state index in [0.29, 0.717) is 21.7 Å². The molecule has 0 saturated heterocycles. The van der Waals surface area contributed by atoms with Crippen LogP contribution in [0.3, 0.4) is 0 Å². The first-order chi connectivity index (χ1) is 14.5. The number of fused-ring (bicyclic) bond motifs is 1. The Bertz CT molecular complexity index is 1290. The second kappa shape index (κ2) is 8.85. The van der Waals surface area contributed by atoms with E-state index in [1.165, 1.54) is 11.8 Å². The van der Waals surface area contributed by atoms with Crippen molar-refractivity contribution in [1.82, 2.24) is 9.55 Å². The van der Waals surface area contributed by atoms with Crippen molar-refractivity contribution in [2.75, 3.05) is 11.1 Å². The number of halogens is 1. The van der Waals surface area contributed by atoms with Crippen molar-refractivity contribution < 1.29 is 4.79 Å². The molecule has 30 heavy (non-hydrogen) atoms. The molecule has 0 spiro atoms. The van der Waals surface area contributed by atoms with E-state index in [1.54, 1.807) is 16.7 Å². The van der Waals surface area contributed by atoms with Gasteiger partial charge in [-0.2, -0.15) is 0 Å². The first kappa shape index (κ1) is 20.4. The first-order valence-corrected chi connectivity index (χ1v) is 11.1. The number of anilines is 1. The number of thioether (sulfide) groups is 1. The maximum absolute atomic E-state index is 13.2. The van der Waals surface area contributed by atoms with Crippen LogP contribution in [0, 0.1) is 6.92 Å². The summed E-state index contributed by atoms with van der Waals surface area (Å²) < 4.78 is 2.55. The Morgan fingerprint density at radius 2 is 1.80 bits per heavy atom. The van der Waals surface area contributed by atoms with E-state index < -0.39 is 0 Å². The largest absolute Gasteiger partial charge is 0.325 e. The number of benzene rings is 3. The lowest BCUT2D eigenvalue weighted by atomic mass is 10.2. The van der Waals surface area contributed by atoms with E-state index in [1.807, 2.05) is 67.6 Å². The standard InChI is InChI=1S/C23H18BrN3O2S/c1-15-13-16(11-12-19(15)24)25-21(28)14-30-23-26-20-10-6-5-9-18(20)22(29)27(23)17-7-3-2-4-8-17/h2-13H,14H2,1H3,(H,25,28). The molecule has 150 valence electrons. The smallest absolute Gasteiger partial charge is 0.266 e. The van der Waals surface area contributed by atoms with Gasteiger partial charge in [0.05, 0.1) is 22.3 Å². The van der Waals surface area contributed by atoms with E-state index >= 15 is 0 Å². The zero-order chi connectivity index (χ0) is 21.1. The van der Waals surface area contributed by atoms with E-state index in [2.05, 4.69) is 26.2 Å². The van der Waals surface area contributed by atoms with Crippen LogP contribution in [0.2, 0.25) is 0 Å². The van der Waals surface area contributed by atoms with Crippen molar-refractivity contribution >= 4 is 50.2 Å². The molecule has 1 N–H and O–H groups in total. The third-order valence-corrected chi connectivity index (χ3v) is 6.36. The van der Waals surface area contributed by atoms with Gasteiger partial charge in [-0.25, -0.2) is 4.98 Å². The fraction of sp³-hybridized carbons (Fsp3) is 0.0870. The van der Waals surface area contributed by atoms with E-state index in [4.69, 9.17) is 0 Å². The first-order valence-electron chi connectivity index (χ1n) is 9.29. The van der Waals surface area contributed by atoms with Gasteiger partial charge in [-0.1, -0.05) is 58.0 Å². The predicted octanol–water partition coefficient (Wildman–Crippen LogP) is 5.19. The molecular formula is C23H18BrN3O2S. The van der Waals surface area contributed by atoms with Crippen LogP contribution in [0.15, 0.2) is 87.2 Å². The number of hydrogen-bond acceptors (Lipinski definition) is 4. The number of carbonyl (C=O) groups is 1. The minimum absolute atomic E-state index is 0.132. The van der Waals surface area contributed by atoms with Crippen LogP contribution in [0.4, 0.5) is 5.69 Å². The van der Waals surface area contributed by atoms with Crippen LogP contribution in [0.1, 0.15) is 5.56 Å². The van der Waals surface area contributed by atoms with Crippen molar-refractivity contribution in [3.63, 3.8) is 0 Å². The van der Waals surface area contributed by atoms with Gasteiger partial charge in [0.25, 0.3) is 5.56 Å². The third kappa shape index (κ3) is 4.32. The minimum Gasteiger partial charge on any atom is -0.325 e. The number of carbonyl (C=O) groups excluding carboxylic acids is 1. The third-order valence-electron chi connectivity index (χ3n) is 4.53. The summed E-state index contributed by atoms with van der Waals surface area (Å²) in [7, 11) is 0. The van der Waals surface area contributed by atoms with Gasteiger partial charge in [-0.15, -0.1) is 0 Å². The second-order valence-electron chi connectivity index (χ2n) is 6.69. The van der Waals surface area contributed by atoms with Gasteiger partial charge in [0, 0.05) is 10.2 Å². The SMILES string of the molecule is Cc1cc(NC(=O)CSc2nc3ccccc3c(=O)n2-c2ccccc2)ccc1Br. The van der Waals surface area contributed by atoms with Gasteiger partial charge >= 0.3 is 0 Å². The van der Waals surface area contributed by atoms with Crippen LogP contribution in [0.25, 0.3) is 16.6 Å². The molecule has 1 heterocycles. The average Bonchev–Trinajstić information content (AvgIpc) is 2.75. The monoisotopic (exact) mass is 479 g/mol. The van der Waals surface area contributed by atoms with Crippen molar-refractivity contribution in [3.05, 3.63) is 93.2 Å². The molecule has 5 nitrogen and oxygen atoms in total. The number of nitrogens with one attached hydrogen (secondary N) is 1. The number of rotatable bonds is 5. The topological polar surface area (TPSA) is 64.0 Å². The Kier molecular flexibility index (Phi) is 6.01. The quantitative estimate of drug-likeness (QED) is 0.316. The number of nitrogens with zero attached hydrogens (tertiary/aromatic N) is 2. The number of aromatic nitrogens is 2. The highest BCUT2D eigenvalue weighted by Gasteiger charge is 2.15. The molecule has 0 fully saturated rings. The minimum atomic E-state index is -0.163. The summed E-state index contributed by atoms with van der Waals surface area (Å²) in [5, 5.41) is 3.92. The maximum atomic E-state index is 13.2. The van der Waals surface area contributed by atoms with E-state index in [-0.39, 0.29) is 17.2 Å². The Morgan fingerprint density at radius 1 is 1.07 bits per heavy atom. The predicted molar refractivity (Wildman–Crippen MR) is 126 cm³/mol. The summed E-state index contributed by atoms with van der Waals surface area (Å²) in [6, 6.07) is 22.2. The molecule has 0 bridgehead atoms. The lowest BCUT2D eigenvalue weighted by Gasteiger charge is -2.13. The molecule has 0 aliphatic heterocycles. The van der Waals surface area contributed by atoms with Crippen molar-refractivity contribution in [2.24, 2.45) is 0 Å². The van der Waals surface area contributed by atoms with Gasteiger partial charge in [0.15, 0.2) is 5.16 Å². The van der Waals surface area contributed by atoms with Crippen molar-refractivity contribution in [3.8, 4) is 5.69 Å². The maximum Gasteiger partial charge on any atom is 0.266 e. The molecule has 1 aromatic heterocycles. The van der Waals surface area contributed by atoms with E-state index in [9.17, 15) is 9.59 Å². The summed E-state index contributed by atoms with van der Waals surface area (Å²) in [5.41, 5.74) is 2.94. The van der Waals surface area contributed by atoms with Gasteiger partial charge in [-0.05, 0) is 55.0 Å². The van der Waals surface area contributed by atoms with Crippen LogP contribution < -0.4 is 10.9 Å². The number of amides is 1. The molecule has 0 radical (unpaired) electrons.